The molecule has 1 heterocycles. The summed E-state index contributed by atoms with van der Waals surface area (Å²) in [5, 5.41) is 0. The van der Waals surface area contributed by atoms with Gasteiger partial charge in [-0.2, -0.15) is 0 Å². The highest BCUT2D eigenvalue weighted by molar-refractivity contribution is 5.86. The molecule has 0 bridgehead atoms. The standard InChI is InChI=1S/C23H24O4/c1-16(2)26-22(24)20-15-14-19(23(25-3)27-20)21(17-10-6-4-7-11-17)18-12-8-5-9-13-18/h4-13,15-16,21H,14H2,1-3H3. The number of hydrogen-bond acceptors (Lipinski definition) is 4. The predicted molar refractivity (Wildman–Crippen MR) is 104 cm³/mol. The van der Waals surface area contributed by atoms with E-state index in [0.717, 1.165) is 16.7 Å². The van der Waals surface area contributed by atoms with Gasteiger partial charge in [0.1, 0.15) is 0 Å². The summed E-state index contributed by atoms with van der Waals surface area (Å²) in [7, 11) is 1.55. The van der Waals surface area contributed by atoms with Gasteiger partial charge < -0.3 is 14.2 Å². The zero-order chi connectivity index (χ0) is 19.2. The quantitative estimate of drug-likeness (QED) is 0.682. The minimum atomic E-state index is -0.477. The van der Waals surface area contributed by atoms with Crippen LogP contribution in [-0.2, 0) is 19.0 Å². The van der Waals surface area contributed by atoms with Gasteiger partial charge in [-0.25, -0.2) is 4.79 Å². The molecule has 2 aromatic rings. The minimum Gasteiger partial charge on any atom is -0.468 e. The highest BCUT2D eigenvalue weighted by Crippen LogP contribution is 2.39. The Bertz CT molecular complexity index is 796. The number of carbonyl (C=O) groups is 1. The molecule has 2 aromatic carbocycles. The van der Waals surface area contributed by atoms with E-state index >= 15 is 0 Å². The fraction of sp³-hybridized carbons (Fsp3) is 0.261. The van der Waals surface area contributed by atoms with Gasteiger partial charge in [0.2, 0.25) is 5.76 Å². The van der Waals surface area contributed by atoms with E-state index in [1.807, 2.05) is 36.4 Å². The van der Waals surface area contributed by atoms with Crippen LogP contribution in [-0.4, -0.2) is 19.2 Å². The van der Waals surface area contributed by atoms with Gasteiger partial charge in [-0.15, -0.1) is 0 Å². The normalized spacial score (nSPS) is 14.0. The molecule has 0 aromatic heterocycles. The molecule has 0 fully saturated rings. The summed E-state index contributed by atoms with van der Waals surface area (Å²) in [5.74, 6) is 0.0194. The van der Waals surface area contributed by atoms with E-state index in [1.54, 1.807) is 27.0 Å². The number of hydrogen-bond donors (Lipinski definition) is 0. The second-order valence-corrected chi connectivity index (χ2v) is 6.60. The van der Waals surface area contributed by atoms with Crippen LogP contribution in [0.3, 0.4) is 0 Å². The first-order chi connectivity index (χ1) is 13.1. The van der Waals surface area contributed by atoms with Gasteiger partial charge in [0.05, 0.1) is 13.2 Å². The van der Waals surface area contributed by atoms with Crippen molar-refractivity contribution in [2.45, 2.75) is 32.3 Å². The van der Waals surface area contributed by atoms with Crippen LogP contribution < -0.4 is 0 Å². The van der Waals surface area contributed by atoms with Crippen LogP contribution in [0.1, 0.15) is 37.3 Å². The smallest absolute Gasteiger partial charge is 0.374 e. The molecule has 0 spiro atoms. The molecular weight excluding hydrogens is 340 g/mol. The third kappa shape index (κ3) is 4.40. The largest absolute Gasteiger partial charge is 0.468 e. The van der Waals surface area contributed by atoms with E-state index in [0.29, 0.717) is 12.4 Å². The number of esters is 1. The Labute approximate surface area is 160 Å². The topological polar surface area (TPSA) is 44.8 Å². The molecule has 0 radical (unpaired) electrons. The highest BCUT2D eigenvalue weighted by atomic mass is 16.7. The van der Waals surface area contributed by atoms with Crippen molar-refractivity contribution in [3.8, 4) is 0 Å². The van der Waals surface area contributed by atoms with Crippen molar-refractivity contribution >= 4 is 5.97 Å². The lowest BCUT2D eigenvalue weighted by Crippen LogP contribution is -2.20. The Morgan fingerprint density at radius 1 is 0.963 bits per heavy atom. The monoisotopic (exact) mass is 364 g/mol. The van der Waals surface area contributed by atoms with Gasteiger partial charge in [0, 0.05) is 11.5 Å². The van der Waals surface area contributed by atoms with Gasteiger partial charge in [0.15, 0.2) is 0 Å². The first kappa shape index (κ1) is 18.8. The first-order valence-corrected chi connectivity index (χ1v) is 9.06. The average Bonchev–Trinajstić information content (AvgIpc) is 2.69. The molecule has 0 saturated carbocycles. The molecule has 140 valence electrons. The van der Waals surface area contributed by atoms with Crippen LogP contribution in [0, 0.1) is 0 Å². The molecule has 4 heteroatoms. The molecule has 1 aliphatic heterocycles. The molecule has 3 rings (SSSR count). The number of benzene rings is 2. The van der Waals surface area contributed by atoms with Crippen LogP contribution in [0.15, 0.2) is 84.0 Å². The summed E-state index contributed by atoms with van der Waals surface area (Å²) >= 11 is 0. The van der Waals surface area contributed by atoms with Crippen molar-refractivity contribution in [1.82, 2.24) is 0 Å². The summed E-state index contributed by atoms with van der Waals surface area (Å²) < 4.78 is 16.5. The summed E-state index contributed by atoms with van der Waals surface area (Å²) in [6.07, 6.45) is 2.10. The van der Waals surface area contributed by atoms with Crippen LogP contribution in [0.5, 0.6) is 0 Å². The summed E-state index contributed by atoms with van der Waals surface area (Å²) in [6, 6.07) is 20.4. The Kier molecular flexibility index (Phi) is 5.97. The number of carbonyl (C=O) groups excluding carboxylic acids is 1. The maximum absolute atomic E-state index is 12.2. The molecule has 1 aliphatic rings. The van der Waals surface area contributed by atoms with E-state index in [4.69, 9.17) is 14.2 Å². The van der Waals surface area contributed by atoms with Gasteiger partial charge in [-0.3, -0.25) is 0 Å². The van der Waals surface area contributed by atoms with E-state index < -0.39 is 5.97 Å². The average molecular weight is 364 g/mol. The van der Waals surface area contributed by atoms with Crippen molar-refractivity contribution in [1.29, 1.82) is 0 Å². The molecule has 27 heavy (non-hydrogen) atoms. The Hall–Kier alpha value is -3.01. The lowest BCUT2D eigenvalue weighted by atomic mass is 9.83. The lowest BCUT2D eigenvalue weighted by molar-refractivity contribution is -0.147. The van der Waals surface area contributed by atoms with Crippen molar-refractivity contribution in [3.63, 3.8) is 0 Å². The van der Waals surface area contributed by atoms with Crippen LogP contribution in [0.25, 0.3) is 0 Å². The number of rotatable bonds is 6. The Morgan fingerprint density at radius 2 is 1.52 bits per heavy atom. The number of methoxy groups -OCH3 is 1. The van der Waals surface area contributed by atoms with Crippen molar-refractivity contribution in [3.05, 3.63) is 95.1 Å². The van der Waals surface area contributed by atoms with Gasteiger partial charge >= 0.3 is 5.97 Å². The second-order valence-electron chi connectivity index (χ2n) is 6.60. The van der Waals surface area contributed by atoms with E-state index in [1.165, 1.54) is 0 Å². The van der Waals surface area contributed by atoms with E-state index in [9.17, 15) is 4.79 Å². The third-order valence-electron chi connectivity index (χ3n) is 4.32. The third-order valence-corrected chi connectivity index (χ3v) is 4.32. The van der Waals surface area contributed by atoms with Gasteiger partial charge in [0.25, 0.3) is 5.95 Å². The van der Waals surface area contributed by atoms with E-state index in [-0.39, 0.29) is 17.8 Å². The predicted octanol–water partition coefficient (Wildman–Crippen LogP) is 4.93. The molecule has 0 N–H and O–H groups in total. The second kappa shape index (κ2) is 8.58. The fourth-order valence-electron chi connectivity index (χ4n) is 3.18. The summed E-state index contributed by atoms with van der Waals surface area (Å²) in [4.78, 5) is 12.2. The van der Waals surface area contributed by atoms with Gasteiger partial charge in [-0.05, 0) is 37.5 Å². The minimum absolute atomic E-state index is 0.0266. The molecule has 0 atom stereocenters. The maximum Gasteiger partial charge on any atom is 0.374 e. The Morgan fingerprint density at radius 3 is 2.00 bits per heavy atom. The van der Waals surface area contributed by atoms with Gasteiger partial charge in [-0.1, -0.05) is 60.7 Å². The van der Waals surface area contributed by atoms with E-state index in [2.05, 4.69) is 24.3 Å². The van der Waals surface area contributed by atoms with Crippen molar-refractivity contribution in [2.24, 2.45) is 0 Å². The maximum atomic E-state index is 12.2. The number of allylic oxidation sites excluding steroid dienone is 2. The number of ether oxygens (including phenoxy) is 3. The molecule has 0 aliphatic carbocycles. The zero-order valence-corrected chi connectivity index (χ0v) is 15.8. The summed E-state index contributed by atoms with van der Waals surface area (Å²) in [6.45, 7) is 3.61. The molecule has 4 nitrogen and oxygen atoms in total. The molecule has 0 saturated heterocycles. The van der Waals surface area contributed by atoms with Crippen LogP contribution >= 0.6 is 0 Å². The fourth-order valence-corrected chi connectivity index (χ4v) is 3.18. The van der Waals surface area contributed by atoms with Crippen LogP contribution in [0.2, 0.25) is 0 Å². The van der Waals surface area contributed by atoms with Crippen molar-refractivity contribution < 1.29 is 19.0 Å². The zero-order valence-electron chi connectivity index (χ0n) is 15.8. The van der Waals surface area contributed by atoms with Crippen LogP contribution in [0.4, 0.5) is 0 Å². The lowest BCUT2D eigenvalue weighted by Gasteiger charge is -2.26. The Balaban J connectivity index is 1.97. The summed E-state index contributed by atoms with van der Waals surface area (Å²) in [5.41, 5.74) is 3.24. The van der Waals surface area contributed by atoms with Crippen molar-refractivity contribution in [2.75, 3.05) is 7.11 Å². The molecule has 0 amide bonds. The highest BCUT2D eigenvalue weighted by Gasteiger charge is 2.29. The molecule has 0 unspecified atom stereocenters. The first-order valence-electron chi connectivity index (χ1n) is 9.06. The molecular formula is C23H24O4. The SMILES string of the molecule is COC1=C(C(c2ccccc2)c2ccccc2)CC=C(C(=O)OC(C)C)O1.